The Labute approximate surface area is 150 Å². The van der Waals surface area contributed by atoms with E-state index in [1.54, 1.807) is 11.4 Å². The highest BCUT2D eigenvalue weighted by Gasteiger charge is 2.71. The summed E-state index contributed by atoms with van der Waals surface area (Å²) >= 11 is 0. The van der Waals surface area contributed by atoms with Gasteiger partial charge in [-0.15, -0.1) is 0 Å². The molecule has 1 saturated carbocycles. The van der Waals surface area contributed by atoms with E-state index in [0.717, 1.165) is 25.1 Å². The number of nitrogens with one attached hydrogen (secondary N) is 1. The Hall–Kier alpha value is -1.31. The third-order valence-electron chi connectivity index (χ3n) is 7.03. The van der Waals surface area contributed by atoms with Gasteiger partial charge in [-0.2, -0.15) is 12.7 Å². The summed E-state index contributed by atoms with van der Waals surface area (Å²) in [6.07, 6.45) is 1.96. The summed E-state index contributed by atoms with van der Waals surface area (Å²) in [6.45, 7) is 5.88. The van der Waals surface area contributed by atoms with Crippen LogP contribution in [-0.2, 0) is 10.2 Å². The average molecular weight is 365 g/mol. The standard InChI is InChI=1S/C18H27N3O3S/c1-17-9-13-11-20(14-5-7-15(24-4)8-6-14)16(17)10-18(17,2)21(12-13)25(22,23)19-3/h5-8,13,16,19H,9-12H2,1-4H3. The maximum Gasteiger partial charge on any atom is 0.279 e. The molecule has 1 N–H and O–H groups in total. The molecule has 0 amide bonds. The van der Waals surface area contributed by atoms with Gasteiger partial charge in [-0.05, 0) is 49.9 Å². The van der Waals surface area contributed by atoms with E-state index < -0.39 is 10.2 Å². The van der Waals surface area contributed by atoms with Crippen LogP contribution in [0.25, 0.3) is 0 Å². The van der Waals surface area contributed by atoms with Gasteiger partial charge in [0.1, 0.15) is 5.75 Å². The molecule has 1 aromatic carbocycles. The van der Waals surface area contributed by atoms with Crippen molar-refractivity contribution in [2.45, 2.75) is 38.3 Å². The van der Waals surface area contributed by atoms with E-state index in [4.69, 9.17) is 4.74 Å². The summed E-state index contributed by atoms with van der Waals surface area (Å²) in [6, 6.07) is 8.59. The lowest BCUT2D eigenvalue weighted by Gasteiger charge is -2.73. The van der Waals surface area contributed by atoms with Crippen LogP contribution >= 0.6 is 0 Å². The van der Waals surface area contributed by atoms with Gasteiger partial charge in [-0.3, -0.25) is 0 Å². The summed E-state index contributed by atoms with van der Waals surface area (Å²) in [5, 5.41) is 0. The van der Waals surface area contributed by atoms with Crippen molar-refractivity contribution in [2.24, 2.45) is 11.3 Å². The molecule has 6 nitrogen and oxygen atoms in total. The van der Waals surface area contributed by atoms with Crippen molar-refractivity contribution >= 4 is 15.9 Å². The van der Waals surface area contributed by atoms with Crippen molar-refractivity contribution in [3.8, 4) is 5.75 Å². The molecule has 2 heterocycles. The fraction of sp³-hybridized carbons (Fsp3) is 0.667. The van der Waals surface area contributed by atoms with Gasteiger partial charge in [0.15, 0.2) is 0 Å². The van der Waals surface area contributed by atoms with Gasteiger partial charge in [0.05, 0.1) is 7.11 Å². The molecule has 0 spiro atoms. The Morgan fingerprint density at radius 3 is 2.44 bits per heavy atom. The van der Waals surface area contributed by atoms with Gasteiger partial charge in [0.25, 0.3) is 10.2 Å². The van der Waals surface area contributed by atoms with Crippen molar-refractivity contribution in [1.29, 1.82) is 0 Å². The SMILES string of the molecule is CNS(=O)(=O)N1CC2CN(c3ccc(OC)cc3)C3CC1(C)C3(C)C2. The number of piperidine rings is 2. The molecule has 7 heteroatoms. The zero-order chi connectivity index (χ0) is 18.0. The lowest BCUT2D eigenvalue weighted by molar-refractivity contribution is -0.148. The van der Waals surface area contributed by atoms with E-state index in [-0.39, 0.29) is 11.0 Å². The molecule has 3 aliphatic rings. The van der Waals surface area contributed by atoms with Gasteiger partial charge in [-0.1, -0.05) is 6.92 Å². The largest absolute Gasteiger partial charge is 0.497 e. The number of fused-ring (bicyclic) bond motifs is 1. The third kappa shape index (κ3) is 2.18. The maximum absolute atomic E-state index is 12.6. The number of hydrogen-bond donors (Lipinski definition) is 1. The molecule has 4 atom stereocenters. The Morgan fingerprint density at radius 1 is 1.16 bits per heavy atom. The zero-order valence-electron chi connectivity index (χ0n) is 15.3. The van der Waals surface area contributed by atoms with Gasteiger partial charge in [0, 0.05) is 42.8 Å². The first-order valence-corrected chi connectivity index (χ1v) is 10.3. The number of benzene rings is 1. The first kappa shape index (κ1) is 17.1. The normalized spacial score (nSPS) is 37.5. The summed E-state index contributed by atoms with van der Waals surface area (Å²) in [4.78, 5) is 2.48. The first-order chi connectivity index (χ1) is 11.7. The van der Waals surface area contributed by atoms with Crippen LogP contribution in [0.1, 0.15) is 26.7 Å². The van der Waals surface area contributed by atoms with Gasteiger partial charge in [-0.25, -0.2) is 4.72 Å². The summed E-state index contributed by atoms with van der Waals surface area (Å²) in [5.74, 6) is 1.21. The van der Waals surface area contributed by atoms with Crippen molar-refractivity contribution in [1.82, 2.24) is 9.03 Å². The summed E-state index contributed by atoms with van der Waals surface area (Å²) < 4.78 is 34.7. The molecule has 2 bridgehead atoms. The molecule has 2 saturated heterocycles. The highest BCUT2D eigenvalue weighted by molar-refractivity contribution is 7.87. The third-order valence-corrected chi connectivity index (χ3v) is 8.68. The molecule has 3 fully saturated rings. The van der Waals surface area contributed by atoms with Gasteiger partial charge in [0.2, 0.25) is 0 Å². The maximum atomic E-state index is 12.6. The molecular formula is C18H27N3O3S. The lowest BCUT2D eigenvalue weighted by Crippen LogP contribution is -2.82. The van der Waals surface area contributed by atoms with Gasteiger partial charge >= 0.3 is 0 Å². The predicted octanol–water partition coefficient (Wildman–Crippen LogP) is 1.84. The summed E-state index contributed by atoms with van der Waals surface area (Å²) in [7, 11) is -0.233. The second kappa shape index (κ2) is 5.34. The fourth-order valence-electron chi connectivity index (χ4n) is 5.42. The van der Waals surface area contributed by atoms with Crippen molar-refractivity contribution in [3.05, 3.63) is 24.3 Å². The van der Waals surface area contributed by atoms with Crippen LogP contribution in [0.4, 0.5) is 5.69 Å². The number of ether oxygens (including phenoxy) is 1. The monoisotopic (exact) mass is 365 g/mol. The molecule has 1 aliphatic carbocycles. The number of rotatable bonds is 4. The summed E-state index contributed by atoms with van der Waals surface area (Å²) in [5.41, 5.74) is 0.854. The molecule has 4 unspecified atom stereocenters. The van der Waals surface area contributed by atoms with Crippen LogP contribution in [0.5, 0.6) is 5.75 Å². The molecule has 1 aromatic rings. The molecule has 2 aliphatic heterocycles. The Kier molecular flexibility index (Phi) is 3.66. The molecule has 4 rings (SSSR count). The molecular weight excluding hydrogens is 338 g/mol. The van der Waals surface area contributed by atoms with Crippen LogP contribution < -0.4 is 14.4 Å². The number of anilines is 1. The molecule has 138 valence electrons. The topological polar surface area (TPSA) is 61.9 Å². The predicted molar refractivity (Wildman–Crippen MR) is 98.0 cm³/mol. The van der Waals surface area contributed by atoms with E-state index in [2.05, 4.69) is 35.6 Å². The van der Waals surface area contributed by atoms with E-state index in [1.165, 1.54) is 12.7 Å². The number of nitrogens with zero attached hydrogens (tertiary/aromatic N) is 2. The van der Waals surface area contributed by atoms with Gasteiger partial charge < -0.3 is 9.64 Å². The van der Waals surface area contributed by atoms with E-state index >= 15 is 0 Å². The smallest absolute Gasteiger partial charge is 0.279 e. The van der Waals surface area contributed by atoms with Crippen molar-refractivity contribution in [2.75, 3.05) is 32.1 Å². The van der Waals surface area contributed by atoms with Crippen LogP contribution in [0.2, 0.25) is 0 Å². The Bertz CT molecular complexity index is 781. The zero-order valence-corrected chi connectivity index (χ0v) is 16.1. The highest BCUT2D eigenvalue weighted by Crippen LogP contribution is 2.64. The minimum Gasteiger partial charge on any atom is -0.497 e. The van der Waals surface area contributed by atoms with Crippen LogP contribution in [0.15, 0.2) is 24.3 Å². The average Bonchev–Trinajstić information content (AvgIpc) is 2.59. The number of methoxy groups -OCH3 is 1. The molecule has 25 heavy (non-hydrogen) atoms. The minimum atomic E-state index is -3.41. The van der Waals surface area contributed by atoms with Crippen LogP contribution in [0, 0.1) is 11.3 Å². The van der Waals surface area contributed by atoms with Crippen LogP contribution in [0.3, 0.4) is 0 Å². The van der Waals surface area contributed by atoms with E-state index in [9.17, 15) is 8.42 Å². The second-order valence-corrected chi connectivity index (χ2v) is 9.87. The van der Waals surface area contributed by atoms with Crippen LogP contribution in [-0.4, -0.2) is 51.6 Å². The first-order valence-electron chi connectivity index (χ1n) is 8.87. The minimum absolute atomic E-state index is 0.0297. The van der Waals surface area contributed by atoms with Crippen molar-refractivity contribution in [3.63, 3.8) is 0 Å². The Balaban J connectivity index is 1.68. The molecule has 0 aromatic heterocycles. The van der Waals surface area contributed by atoms with E-state index in [1.807, 2.05) is 12.1 Å². The second-order valence-electron chi connectivity index (χ2n) is 8.07. The quantitative estimate of drug-likeness (QED) is 0.884. The van der Waals surface area contributed by atoms with Crippen molar-refractivity contribution < 1.29 is 13.2 Å². The molecule has 0 radical (unpaired) electrons. The fourth-order valence-corrected chi connectivity index (χ4v) is 6.86. The van der Waals surface area contributed by atoms with E-state index in [0.29, 0.717) is 18.5 Å². The number of hydrogen-bond acceptors (Lipinski definition) is 4. The Morgan fingerprint density at radius 2 is 1.84 bits per heavy atom. The highest BCUT2D eigenvalue weighted by atomic mass is 32.2. The lowest BCUT2D eigenvalue weighted by atomic mass is 9.46.